The summed E-state index contributed by atoms with van der Waals surface area (Å²) in [5.74, 6) is -0.197. The molecule has 0 aromatic rings. The standard InChI is InChI=1S/C11H22F2N2O2/c1-3-11(2,5-6-14)15-10(16)4-7-17-8-9(12)13/h9H,3-8,14H2,1-2H3,(H,15,16). The molecule has 0 fully saturated rings. The molecule has 1 amide bonds. The van der Waals surface area contributed by atoms with Crippen LogP contribution in [0.5, 0.6) is 0 Å². The third-order valence-corrected chi connectivity index (χ3v) is 2.63. The monoisotopic (exact) mass is 252 g/mol. The minimum Gasteiger partial charge on any atom is -0.375 e. The third kappa shape index (κ3) is 8.04. The second-order valence-electron chi connectivity index (χ2n) is 4.22. The molecule has 0 bridgehead atoms. The van der Waals surface area contributed by atoms with Gasteiger partial charge in [-0.25, -0.2) is 8.78 Å². The van der Waals surface area contributed by atoms with Gasteiger partial charge >= 0.3 is 0 Å². The van der Waals surface area contributed by atoms with Gasteiger partial charge in [0.1, 0.15) is 6.61 Å². The number of nitrogens with one attached hydrogen (secondary N) is 1. The van der Waals surface area contributed by atoms with Gasteiger partial charge in [0.05, 0.1) is 6.61 Å². The molecule has 0 spiro atoms. The zero-order valence-electron chi connectivity index (χ0n) is 10.5. The molecule has 0 heterocycles. The maximum atomic E-state index is 11.7. The first-order valence-corrected chi connectivity index (χ1v) is 5.80. The van der Waals surface area contributed by atoms with Gasteiger partial charge in [-0.15, -0.1) is 0 Å². The van der Waals surface area contributed by atoms with E-state index in [0.717, 1.165) is 6.42 Å². The van der Waals surface area contributed by atoms with Crippen LogP contribution in [0.2, 0.25) is 0 Å². The van der Waals surface area contributed by atoms with Crippen molar-refractivity contribution < 1.29 is 18.3 Å². The summed E-state index contributed by atoms with van der Waals surface area (Å²) in [5, 5.41) is 2.85. The van der Waals surface area contributed by atoms with Crippen LogP contribution in [-0.2, 0) is 9.53 Å². The van der Waals surface area contributed by atoms with Gasteiger partial charge in [0.2, 0.25) is 5.91 Å². The molecule has 6 heteroatoms. The summed E-state index contributed by atoms with van der Waals surface area (Å²) in [6, 6.07) is 0. The predicted molar refractivity (Wildman–Crippen MR) is 62.0 cm³/mol. The molecular weight excluding hydrogens is 230 g/mol. The molecule has 0 aliphatic carbocycles. The Balaban J connectivity index is 3.83. The molecule has 102 valence electrons. The first-order chi connectivity index (χ1) is 7.93. The molecule has 0 aromatic heterocycles. The van der Waals surface area contributed by atoms with Crippen molar-refractivity contribution >= 4 is 5.91 Å². The van der Waals surface area contributed by atoms with Crippen molar-refractivity contribution in [3.63, 3.8) is 0 Å². The SMILES string of the molecule is CCC(C)(CCN)NC(=O)CCOCC(F)F. The lowest BCUT2D eigenvalue weighted by Crippen LogP contribution is -2.47. The maximum absolute atomic E-state index is 11.7. The normalized spacial score (nSPS) is 14.7. The lowest BCUT2D eigenvalue weighted by Gasteiger charge is -2.29. The fourth-order valence-electron chi connectivity index (χ4n) is 1.38. The lowest BCUT2D eigenvalue weighted by molar-refractivity contribution is -0.124. The van der Waals surface area contributed by atoms with E-state index in [1.807, 2.05) is 13.8 Å². The van der Waals surface area contributed by atoms with Crippen molar-refractivity contribution in [3.8, 4) is 0 Å². The molecule has 0 saturated carbocycles. The summed E-state index contributed by atoms with van der Waals surface area (Å²) in [6.45, 7) is 3.76. The van der Waals surface area contributed by atoms with Gasteiger partial charge in [-0.05, 0) is 26.3 Å². The molecular formula is C11H22F2N2O2. The van der Waals surface area contributed by atoms with Crippen molar-refractivity contribution in [1.29, 1.82) is 0 Å². The Morgan fingerprint density at radius 3 is 2.65 bits per heavy atom. The molecule has 4 nitrogen and oxygen atoms in total. The van der Waals surface area contributed by atoms with Crippen LogP contribution in [-0.4, -0.2) is 37.6 Å². The van der Waals surface area contributed by atoms with Crippen LogP contribution in [0.4, 0.5) is 8.78 Å². The Kier molecular flexibility index (Phi) is 7.99. The second-order valence-corrected chi connectivity index (χ2v) is 4.22. The summed E-state index contributed by atoms with van der Waals surface area (Å²) in [5.41, 5.74) is 5.14. The molecule has 0 saturated heterocycles. The van der Waals surface area contributed by atoms with E-state index in [-0.39, 0.29) is 24.5 Å². The number of halogens is 2. The topological polar surface area (TPSA) is 64.3 Å². The summed E-state index contributed by atoms with van der Waals surface area (Å²) in [4.78, 5) is 11.5. The first-order valence-electron chi connectivity index (χ1n) is 5.80. The van der Waals surface area contributed by atoms with Crippen molar-refractivity contribution in [2.75, 3.05) is 19.8 Å². The summed E-state index contributed by atoms with van der Waals surface area (Å²) < 4.78 is 28.1. The largest absolute Gasteiger partial charge is 0.375 e. The van der Waals surface area contributed by atoms with E-state index in [9.17, 15) is 13.6 Å². The Labute approximate surface area is 101 Å². The van der Waals surface area contributed by atoms with E-state index in [1.165, 1.54) is 0 Å². The lowest BCUT2D eigenvalue weighted by atomic mass is 9.94. The van der Waals surface area contributed by atoms with Crippen LogP contribution in [0.15, 0.2) is 0 Å². The molecule has 17 heavy (non-hydrogen) atoms. The van der Waals surface area contributed by atoms with Gasteiger partial charge in [0.25, 0.3) is 6.43 Å². The van der Waals surface area contributed by atoms with E-state index in [1.54, 1.807) is 0 Å². The fourth-order valence-corrected chi connectivity index (χ4v) is 1.38. The number of rotatable bonds is 9. The van der Waals surface area contributed by atoms with Crippen LogP contribution in [0, 0.1) is 0 Å². The fraction of sp³-hybridized carbons (Fsp3) is 0.909. The van der Waals surface area contributed by atoms with Gasteiger partial charge in [-0.3, -0.25) is 4.79 Å². The average Bonchev–Trinajstić information content (AvgIpc) is 2.24. The second kappa shape index (κ2) is 8.36. The summed E-state index contributed by atoms with van der Waals surface area (Å²) in [6.07, 6.45) is -0.940. The average molecular weight is 252 g/mol. The highest BCUT2D eigenvalue weighted by atomic mass is 19.3. The molecule has 1 atom stereocenters. The number of ether oxygens (including phenoxy) is 1. The third-order valence-electron chi connectivity index (χ3n) is 2.63. The molecule has 1 unspecified atom stereocenters. The zero-order valence-corrected chi connectivity index (χ0v) is 10.5. The maximum Gasteiger partial charge on any atom is 0.261 e. The Morgan fingerprint density at radius 1 is 1.53 bits per heavy atom. The van der Waals surface area contributed by atoms with Gasteiger partial charge in [-0.1, -0.05) is 6.92 Å². The predicted octanol–water partition coefficient (Wildman–Crippen LogP) is 1.29. The van der Waals surface area contributed by atoms with E-state index < -0.39 is 13.0 Å². The van der Waals surface area contributed by atoms with Crippen molar-refractivity contribution in [2.45, 2.75) is 45.1 Å². The first kappa shape index (κ1) is 16.2. The highest BCUT2D eigenvalue weighted by Gasteiger charge is 2.22. The molecule has 0 aliphatic rings. The number of amides is 1. The van der Waals surface area contributed by atoms with E-state index in [2.05, 4.69) is 10.1 Å². The van der Waals surface area contributed by atoms with Crippen molar-refractivity contribution in [3.05, 3.63) is 0 Å². The summed E-state index contributed by atoms with van der Waals surface area (Å²) >= 11 is 0. The Bertz CT molecular complexity index is 228. The van der Waals surface area contributed by atoms with Crippen LogP contribution >= 0.6 is 0 Å². The van der Waals surface area contributed by atoms with Gasteiger partial charge in [0.15, 0.2) is 0 Å². The molecule has 0 radical (unpaired) electrons. The van der Waals surface area contributed by atoms with E-state index >= 15 is 0 Å². The number of carbonyl (C=O) groups is 1. The molecule has 0 aromatic carbocycles. The number of alkyl halides is 2. The number of hydrogen-bond acceptors (Lipinski definition) is 3. The van der Waals surface area contributed by atoms with Crippen molar-refractivity contribution in [2.24, 2.45) is 5.73 Å². The highest BCUT2D eigenvalue weighted by molar-refractivity contribution is 5.76. The summed E-state index contributed by atoms with van der Waals surface area (Å²) in [7, 11) is 0. The van der Waals surface area contributed by atoms with Crippen LogP contribution < -0.4 is 11.1 Å². The van der Waals surface area contributed by atoms with Gasteiger partial charge in [-0.2, -0.15) is 0 Å². The smallest absolute Gasteiger partial charge is 0.261 e. The van der Waals surface area contributed by atoms with Crippen molar-refractivity contribution in [1.82, 2.24) is 5.32 Å². The quantitative estimate of drug-likeness (QED) is 0.608. The van der Waals surface area contributed by atoms with E-state index in [4.69, 9.17) is 5.73 Å². The number of hydrogen-bond donors (Lipinski definition) is 2. The highest BCUT2D eigenvalue weighted by Crippen LogP contribution is 2.13. The minimum atomic E-state index is -2.49. The zero-order chi connectivity index (χ0) is 13.3. The van der Waals surface area contributed by atoms with Gasteiger partial charge in [0, 0.05) is 12.0 Å². The molecule has 3 N–H and O–H groups in total. The Morgan fingerprint density at radius 2 is 2.18 bits per heavy atom. The van der Waals surface area contributed by atoms with E-state index in [0.29, 0.717) is 13.0 Å². The molecule has 0 aliphatic heterocycles. The van der Waals surface area contributed by atoms with Crippen LogP contribution in [0.3, 0.4) is 0 Å². The minimum absolute atomic E-state index is 0.0125. The Hall–Kier alpha value is -0.750. The number of carbonyl (C=O) groups excluding carboxylic acids is 1. The number of nitrogens with two attached hydrogens (primary N) is 1. The van der Waals surface area contributed by atoms with Crippen LogP contribution in [0.1, 0.15) is 33.1 Å². The van der Waals surface area contributed by atoms with Gasteiger partial charge < -0.3 is 15.8 Å². The molecule has 0 rings (SSSR count). The van der Waals surface area contributed by atoms with Crippen LogP contribution in [0.25, 0.3) is 0 Å².